The molecule has 1 amide bonds. The fourth-order valence-corrected chi connectivity index (χ4v) is 2.35. The van der Waals surface area contributed by atoms with Gasteiger partial charge < -0.3 is 15.4 Å². The summed E-state index contributed by atoms with van der Waals surface area (Å²) in [5, 5.41) is 0.276. The Morgan fingerprint density at radius 3 is 3.11 bits per heavy atom. The highest BCUT2D eigenvalue weighted by molar-refractivity contribution is 6.29. The summed E-state index contributed by atoms with van der Waals surface area (Å²) in [6.07, 6.45) is 2.42. The molecule has 6 heteroatoms. The molecule has 1 saturated heterocycles. The van der Waals surface area contributed by atoms with E-state index >= 15 is 0 Å². The van der Waals surface area contributed by atoms with Gasteiger partial charge in [-0.15, -0.1) is 0 Å². The topological polar surface area (TPSA) is 68.5 Å². The van der Waals surface area contributed by atoms with E-state index in [1.807, 2.05) is 6.92 Å². The Balaban J connectivity index is 2.12. The number of amides is 1. The van der Waals surface area contributed by atoms with E-state index in [0.717, 1.165) is 19.6 Å². The van der Waals surface area contributed by atoms with E-state index in [1.165, 1.54) is 12.3 Å². The molecule has 1 atom stereocenters. The summed E-state index contributed by atoms with van der Waals surface area (Å²) >= 11 is 5.82. The molecule has 1 aromatic heterocycles. The van der Waals surface area contributed by atoms with Crippen LogP contribution in [0.5, 0.6) is 0 Å². The van der Waals surface area contributed by atoms with E-state index in [1.54, 1.807) is 4.90 Å². The third kappa shape index (κ3) is 3.36. The lowest BCUT2D eigenvalue weighted by molar-refractivity contribution is 0.0732. The van der Waals surface area contributed by atoms with Crippen LogP contribution in [-0.2, 0) is 4.74 Å². The van der Waals surface area contributed by atoms with Crippen molar-refractivity contribution >= 4 is 23.2 Å². The van der Waals surface area contributed by atoms with Gasteiger partial charge in [-0.3, -0.25) is 4.79 Å². The smallest absolute Gasteiger partial charge is 0.256 e. The number of carbonyl (C=O) groups is 1. The largest absolute Gasteiger partial charge is 0.397 e. The molecule has 104 valence electrons. The molecule has 0 aliphatic carbocycles. The third-order valence-corrected chi connectivity index (χ3v) is 3.51. The van der Waals surface area contributed by atoms with Gasteiger partial charge in [-0.1, -0.05) is 11.6 Å². The molecule has 0 aromatic carbocycles. The van der Waals surface area contributed by atoms with Gasteiger partial charge in [0.2, 0.25) is 0 Å². The van der Waals surface area contributed by atoms with Crippen LogP contribution < -0.4 is 5.73 Å². The minimum Gasteiger partial charge on any atom is -0.397 e. The van der Waals surface area contributed by atoms with Crippen molar-refractivity contribution in [3.05, 3.63) is 23.0 Å². The van der Waals surface area contributed by atoms with Crippen LogP contribution in [0.1, 0.15) is 23.7 Å². The van der Waals surface area contributed by atoms with E-state index in [2.05, 4.69) is 4.98 Å². The first kappa shape index (κ1) is 14.1. The van der Waals surface area contributed by atoms with Crippen LogP contribution in [0.3, 0.4) is 0 Å². The van der Waals surface area contributed by atoms with Crippen LogP contribution in [-0.4, -0.2) is 42.1 Å². The lowest BCUT2D eigenvalue weighted by Gasteiger charge is -2.24. The van der Waals surface area contributed by atoms with E-state index in [4.69, 9.17) is 22.1 Å². The Kier molecular flexibility index (Phi) is 4.61. The van der Waals surface area contributed by atoms with Gasteiger partial charge in [0, 0.05) is 25.6 Å². The minimum absolute atomic E-state index is 0.101. The van der Waals surface area contributed by atoms with Gasteiger partial charge in [0.25, 0.3) is 5.91 Å². The summed E-state index contributed by atoms with van der Waals surface area (Å²) in [7, 11) is 0. The second-order valence-corrected chi connectivity index (χ2v) is 5.05. The molecule has 1 aliphatic rings. The standard InChI is InChI=1S/C13H18ClN3O2/c1-2-17(7-9-3-4-19-8-9)13(18)10-5-12(14)16-6-11(10)15/h5-6,9H,2-4,7-8,15H2,1H3. The summed E-state index contributed by atoms with van der Waals surface area (Å²) in [6, 6.07) is 1.52. The number of anilines is 1. The fourth-order valence-electron chi connectivity index (χ4n) is 2.19. The molecule has 1 aromatic rings. The van der Waals surface area contributed by atoms with Crippen LogP contribution >= 0.6 is 11.6 Å². The van der Waals surface area contributed by atoms with Gasteiger partial charge in [-0.2, -0.15) is 0 Å². The summed E-state index contributed by atoms with van der Waals surface area (Å²) < 4.78 is 5.34. The summed E-state index contributed by atoms with van der Waals surface area (Å²) in [4.78, 5) is 18.1. The second kappa shape index (κ2) is 6.21. The zero-order chi connectivity index (χ0) is 13.8. The van der Waals surface area contributed by atoms with Crippen LogP contribution in [0, 0.1) is 5.92 Å². The lowest BCUT2D eigenvalue weighted by Crippen LogP contribution is -2.36. The number of aromatic nitrogens is 1. The molecule has 0 saturated carbocycles. The Morgan fingerprint density at radius 2 is 2.47 bits per heavy atom. The summed E-state index contributed by atoms with van der Waals surface area (Å²) in [5.41, 5.74) is 6.57. The van der Waals surface area contributed by atoms with Crippen molar-refractivity contribution in [3.8, 4) is 0 Å². The number of carbonyl (C=O) groups excluding carboxylic acids is 1. The molecule has 0 bridgehead atoms. The van der Waals surface area contributed by atoms with Gasteiger partial charge >= 0.3 is 0 Å². The molecule has 0 radical (unpaired) electrons. The third-order valence-electron chi connectivity index (χ3n) is 3.30. The SMILES string of the molecule is CCN(CC1CCOC1)C(=O)c1cc(Cl)ncc1N. The van der Waals surface area contributed by atoms with Crippen molar-refractivity contribution in [1.29, 1.82) is 0 Å². The van der Waals surface area contributed by atoms with Crippen molar-refractivity contribution in [2.24, 2.45) is 5.92 Å². The molecule has 1 fully saturated rings. The highest BCUT2D eigenvalue weighted by Crippen LogP contribution is 2.20. The molecule has 0 spiro atoms. The van der Waals surface area contributed by atoms with Crippen molar-refractivity contribution < 1.29 is 9.53 Å². The number of nitrogens with two attached hydrogens (primary N) is 1. The average Bonchev–Trinajstić information content (AvgIpc) is 2.91. The van der Waals surface area contributed by atoms with Crippen LogP contribution in [0.2, 0.25) is 5.15 Å². The molecule has 1 aliphatic heterocycles. The Hall–Kier alpha value is -1.33. The highest BCUT2D eigenvalue weighted by Gasteiger charge is 2.23. The van der Waals surface area contributed by atoms with Crippen molar-refractivity contribution in [3.63, 3.8) is 0 Å². The normalized spacial score (nSPS) is 18.5. The number of pyridine rings is 1. The molecular weight excluding hydrogens is 266 g/mol. The first-order valence-electron chi connectivity index (χ1n) is 6.39. The molecular formula is C13H18ClN3O2. The van der Waals surface area contributed by atoms with Gasteiger partial charge in [0.05, 0.1) is 24.1 Å². The number of ether oxygens (including phenoxy) is 1. The Labute approximate surface area is 117 Å². The number of halogens is 1. The zero-order valence-electron chi connectivity index (χ0n) is 10.9. The maximum Gasteiger partial charge on any atom is 0.256 e. The van der Waals surface area contributed by atoms with Crippen molar-refractivity contribution in [2.45, 2.75) is 13.3 Å². The monoisotopic (exact) mass is 283 g/mol. The number of rotatable bonds is 4. The maximum absolute atomic E-state index is 12.5. The number of hydrogen-bond acceptors (Lipinski definition) is 4. The Morgan fingerprint density at radius 1 is 1.68 bits per heavy atom. The van der Waals surface area contributed by atoms with E-state index in [9.17, 15) is 4.79 Å². The molecule has 2 heterocycles. The zero-order valence-corrected chi connectivity index (χ0v) is 11.7. The molecule has 5 nitrogen and oxygen atoms in total. The summed E-state index contributed by atoms with van der Waals surface area (Å²) in [5.74, 6) is 0.304. The van der Waals surface area contributed by atoms with E-state index < -0.39 is 0 Å². The molecule has 19 heavy (non-hydrogen) atoms. The molecule has 1 unspecified atom stereocenters. The summed E-state index contributed by atoms with van der Waals surface area (Å²) in [6.45, 7) is 4.77. The Bertz CT molecular complexity index is 461. The lowest BCUT2D eigenvalue weighted by atomic mass is 10.1. The van der Waals surface area contributed by atoms with Crippen molar-refractivity contribution in [1.82, 2.24) is 9.88 Å². The van der Waals surface area contributed by atoms with Crippen LogP contribution in [0.15, 0.2) is 12.3 Å². The molecule has 2 rings (SSSR count). The minimum atomic E-state index is -0.101. The average molecular weight is 284 g/mol. The number of nitrogens with zero attached hydrogens (tertiary/aromatic N) is 2. The van der Waals surface area contributed by atoms with E-state index in [-0.39, 0.29) is 11.1 Å². The van der Waals surface area contributed by atoms with Crippen LogP contribution in [0.4, 0.5) is 5.69 Å². The first-order chi connectivity index (χ1) is 9.11. The van der Waals surface area contributed by atoms with Crippen molar-refractivity contribution in [2.75, 3.05) is 32.0 Å². The van der Waals surface area contributed by atoms with E-state index in [0.29, 0.717) is 30.3 Å². The first-order valence-corrected chi connectivity index (χ1v) is 6.77. The predicted octanol–water partition coefficient (Wildman–Crippen LogP) is 1.82. The molecule has 2 N–H and O–H groups in total. The second-order valence-electron chi connectivity index (χ2n) is 4.67. The van der Waals surface area contributed by atoms with Gasteiger partial charge in [0.15, 0.2) is 0 Å². The predicted molar refractivity (Wildman–Crippen MR) is 74.2 cm³/mol. The quantitative estimate of drug-likeness (QED) is 0.856. The highest BCUT2D eigenvalue weighted by atomic mass is 35.5. The number of nitrogen functional groups attached to an aromatic ring is 1. The van der Waals surface area contributed by atoms with Gasteiger partial charge in [-0.05, 0) is 19.4 Å². The van der Waals surface area contributed by atoms with Gasteiger partial charge in [0.1, 0.15) is 5.15 Å². The van der Waals surface area contributed by atoms with Gasteiger partial charge in [-0.25, -0.2) is 4.98 Å². The maximum atomic E-state index is 12.5. The van der Waals surface area contributed by atoms with Crippen LogP contribution in [0.25, 0.3) is 0 Å². The fraction of sp³-hybridized carbons (Fsp3) is 0.538. The number of hydrogen-bond donors (Lipinski definition) is 1.